The summed E-state index contributed by atoms with van der Waals surface area (Å²) in [7, 11) is 0. The lowest BCUT2D eigenvalue weighted by molar-refractivity contribution is -0.163. The Labute approximate surface area is 113 Å². The summed E-state index contributed by atoms with van der Waals surface area (Å²) in [6.07, 6.45) is 1.75. The lowest BCUT2D eigenvalue weighted by Gasteiger charge is -2.33. The predicted molar refractivity (Wildman–Crippen MR) is 71.5 cm³/mol. The number of rotatable bonds is 4. The van der Waals surface area contributed by atoms with E-state index in [9.17, 15) is 9.59 Å². The van der Waals surface area contributed by atoms with E-state index in [2.05, 4.69) is 5.32 Å². The van der Waals surface area contributed by atoms with Gasteiger partial charge in [0.1, 0.15) is 0 Å². The largest absolute Gasteiger partial charge is 0.465 e. The van der Waals surface area contributed by atoms with Gasteiger partial charge in [0.05, 0.1) is 6.61 Å². The Bertz CT molecular complexity index is 458. The number of hydrogen-bond donors (Lipinski definition) is 1. The Kier molecular flexibility index (Phi) is 4.20. The van der Waals surface area contributed by atoms with Crippen LogP contribution in [0.3, 0.4) is 0 Å². The first-order chi connectivity index (χ1) is 9.19. The fourth-order valence-corrected chi connectivity index (χ4v) is 2.52. The van der Waals surface area contributed by atoms with Crippen molar-refractivity contribution in [3.63, 3.8) is 0 Å². The maximum Gasteiger partial charge on any atom is 0.321 e. The number of carbonyl (C=O) groups excluding carboxylic acids is 2. The van der Waals surface area contributed by atoms with Crippen LogP contribution in [0.4, 0.5) is 0 Å². The van der Waals surface area contributed by atoms with Gasteiger partial charge in [-0.3, -0.25) is 9.59 Å². The van der Waals surface area contributed by atoms with E-state index in [1.165, 1.54) is 0 Å². The standard InChI is InChI=1S/C15H19NO3/c1-2-19-14(18)15(9-6-10-16-13(15)17)11-12-7-4-3-5-8-12/h3-5,7-8H,2,6,9-11H2,1H3,(H,16,17)/t15-/m1/s1. The number of esters is 1. The summed E-state index contributed by atoms with van der Waals surface area (Å²) < 4.78 is 5.13. The van der Waals surface area contributed by atoms with Crippen molar-refractivity contribution in [1.82, 2.24) is 5.32 Å². The minimum Gasteiger partial charge on any atom is -0.465 e. The average molecular weight is 261 g/mol. The monoisotopic (exact) mass is 261 g/mol. The Morgan fingerprint density at radius 3 is 2.74 bits per heavy atom. The van der Waals surface area contributed by atoms with Crippen molar-refractivity contribution in [2.75, 3.05) is 13.2 Å². The van der Waals surface area contributed by atoms with Gasteiger partial charge in [-0.15, -0.1) is 0 Å². The van der Waals surface area contributed by atoms with Gasteiger partial charge in [0, 0.05) is 6.54 Å². The van der Waals surface area contributed by atoms with Crippen molar-refractivity contribution < 1.29 is 14.3 Å². The third-order valence-corrected chi connectivity index (χ3v) is 3.52. The number of nitrogens with one attached hydrogen (secondary N) is 1. The Morgan fingerprint density at radius 1 is 1.37 bits per heavy atom. The molecule has 1 aromatic rings. The van der Waals surface area contributed by atoms with E-state index < -0.39 is 11.4 Å². The average Bonchev–Trinajstić information content (AvgIpc) is 2.43. The van der Waals surface area contributed by atoms with E-state index in [0.29, 0.717) is 26.0 Å². The van der Waals surface area contributed by atoms with E-state index in [-0.39, 0.29) is 5.91 Å². The lowest BCUT2D eigenvalue weighted by Crippen LogP contribution is -2.52. The zero-order chi connectivity index (χ0) is 13.7. The fraction of sp³-hybridized carbons (Fsp3) is 0.467. The van der Waals surface area contributed by atoms with Gasteiger partial charge in [0.15, 0.2) is 5.41 Å². The molecule has 4 heteroatoms. The molecule has 2 rings (SSSR count). The first-order valence-corrected chi connectivity index (χ1v) is 6.68. The highest BCUT2D eigenvalue weighted by atomic mass is 16.5. The minimum atomic E-state index is -1.06. The van der Waals surface area contributed by atoms with Crippen molar-refractivity contribution in [2.45, 2.75) is 26.2 Å². The lowest BCUT2D eigenvalue weighted by atomic mass is 9.75. The van der Waals surface area contributed by atoms with E-state index in [0.717, 1.165) is 12.0 Å². The number of hydrogen-bond acceptors (Lipinski definition) is 3. The quantitative estimate of drug-likeness (QED) is 0.663. The van der Waals surface area contributed by atoms with Crippen LogP contribution in [0, 0.1) is 5.41 Å². The van der Waals surface area contributed by atoms with Gasteiger partial charge in [-0.05, 0) is 31.7 Å². The second-order valence-corrected chi connectivity index (χ2v) is 4.82. The summed E-state index contributed by atoms with van der Waals surface area (Å²) in [4.78, 5) is 24.5. The summed E-state index contributed by atoms with van der Waals surface area (Å²) in [5.41, 5.74) is -0.0806. The molecular formula is C15H19NO3. The van der Waals surface area contributed by atoms with Crippen LogP contribution in [0.5, 0.6) is 0 Å². The Balaban J connectivity index is 2.28. The molecule has 1 saturated heterocycles. The summed E-state index contributed by atoms with van der Waals surface area (Å²) >= 11 is 0. The number of amides is 1. The molecule has 0 saturated carbocycles. The smallest absolute Gasteiger partial charge is 0.321 e. The van der Waals surface area contributed by atoms with Crippen LogP contribution in [0.1, 0.15) is 25.3 Å². The molecular weight excluding hydrogens is 242 g/mol. The van der Waals surface area contributed by atoms with Crippen molar-refractivity contribution in [3.8, 4) is 0 Å². The van der Waals surface area contributed by atoms with Crippen molar-refractivity contribution in [2.24, 2.45) is 5.41 Å². The zero-order valence-corrected chi connectivity index (χ0v) is 11.1. The van der Waals surface area contributed by atoms with Crippen molar-refractivity contribution in [3.05, 3.63) is 35.9 Å². The highest BCUT2D eigenvalue weighted by Crippen LogP contribution is 2.33. The fourth-order valence-electron chi connectivity index (χ4n) is 2.52. The van der Waals surface area contributed by atoms with Crippen LogP contribution in [0.25, 0.3) is 0 Å². The molecule has 0 aliphatic carbocycles. The Hall–Kier alpha value is -1.84. The Morgan fingerprint density at radius 2 is 2.11 bits per heavy atom. The SMILES string of the molecule is CCOC(=O)[C@@]1(Cc2ccccc2)CCCNC1=O. The molecule has 1 fully saturated rings. The molecule has 102 valence electrons. The molecule has 1 N–H and O–H groups in total. The summed E-state index contributed by atoms with van der Waals surface area (Å²) in [6.45, 7) is 2.69. The highest BCUT2D eigenvalue weighted by Gasteiger charge is 2.48. The topological polar surface area (TPSA) is 55.4 Å². The predicted octanol–water partition coefficient (Wildman–Crippen LogP) is 1.69. The number of piperidine rings is 1. The summed E-state index contributed by atoms with van der Waals surface area (Å²) in [5.74, 6) is -0.614. The van der Waals surface area contributed by atoms with Crippen LogP contribution in [-0.4, -0.2) is 25.0 Å². The number of benzene rings is 1. The van der Waals surface area contributed by atoms with Crippen LogP contribution >= 0.6 is 0 Å². The number of carbonyl (C=O) groups is 2. The zero-order valence-electron chi connectivity index (χ0n) is 11.1. The molecule has 4 nitrogen and oxygen atoms in total. The van der Waals surface area contributed by atoms with Gasteiger partial charge >= 0.3 is 5.97 Å². The molecule has 19 heavy (non-hydrogen) atoms. The minimum absolute atomic E-state index is 0.207. The summed E-state index contributed by atoms with van der Waals surface area (Å²) in [6, 6.07) is 9.61. The van der Waals surface area contributed by atoms with Crippen LogP contribution in [-0.2, 0) is 20.7 Å². The van der Waals surface area contributed by atoms with Gasteiger partial charge in [-0.25, -0.2) is 0 Å². The molecule has 1 atom stereocenters. The van der Waals surface area contributed by atoms with Gasteiger partial charge in [-0.1, -0.05) is 30.3 Å². The van der Waals surface area contributed by atoms with Gasteiger partial charge in [-0.2, -0.15) is 0 Å². The molecule has 1 aromatic carbocycles. The van der Waals surface area contributed by atoms with E-state index in [1.54, 1.807) is 6.92 Å². The van der Waals surface area contributed by atoms with Gasteiger partial charge in [0.25, 0.3) is 0 Å². The second-order valence-electron chi connectivity index (χ2n) is 4.82. The molecule has 1 amide bonds. The van der Waals surface area contributed by atoms with Gasteiger partial charge in [0.2, 0.25) is 5.91 Å². The molecule has 1 aliphatic rings. The highest BCUT2D eigenvalue weighted by molar-refractivity contribution is 6.03. The van der Waals surface area contributed by atoms with Crippen LogP contribution in [0.15, 0.2) is 30.3 Å². The second kappa shape index (κ2) is 5.87. The van der Waals surface area contributed by atoms with E-state index in [4.69, 9.17) is 4.74 Å². The number of ether oxygens (including phenoxy) is 1. The molecule has 0 bridgehead atoms. The molecule has 0 unspecified atom stereocenters. The van der Waals surface area contributed by atoms with Crippen LogP contribution < -0.4 is 5.32 Å². The normalized spacial score (nSPS) is 22.7. The summed E-state index contributed by atoms with van der Waals surface area (Å²) in [5, 5.41) is 2.79. The van der Waals surface area contributed by atoms with E-state index in [1.807, 2.05) is 30.3 Å². The van der Waals surface area contributed by atoms with Crippen LogP contribution in [0.2, 0.25) is 0 Å². The third-order valence-electron chi connectivity index (χ3n) is 3.52. The molecule has 0 spiro atoms. The molecule has 0 aromatic heterocycles. The maximum atomic E-state index is 12.3. The first-order valence-electron chi connectivity index (χ1n) is 6.68. The van der Waals surface area contributed by atoms with Crippen molar-refractivity contribution in [1.29, 1.82) is 0 Å². The van der Waals surface area contributed by atoms with Crippen molar-refractivity contribution >= 4 is 11.9 Å². The molecule has 0 radical (unpaired) electrons. The van der Waals surface area contributed by atoms with E-state index >= 15 is 0 Å². The first kappa shape index (κ1) is 13.6. The molecule has 1 heterocycles. The third kappa shape index (κ3) is 2.78. The molecule has 1 aliphatic heterocycles. The maximum absolute atomic E-state index is 12.3. The van der Waals surface area contributed by atoms with Gasteiger partial charge < -0.3 is 10.1 Å².